The normalized spacial score (nSPS) is 27.3. The van der Waals surface area contributed by atoms with Crippen molar-refractivity contribution in [2.75, 3.05) is 0 Å². The van der Waals surface area contributed by atoms with Gasteiger partial charge in [-0.1, -0.05) is 152 Å². The Balaban J connectivity index is 1.29. The maximum atomic E-state index is 11.4. The second-order valence-electron chi connectivity index (χ2n) is 16.9. The van der Waals surface area contributed by atoms with Crippen LogP contribution >= 0.6 is 0 Å². The van der Waals surface area contributed by atoms with E-state index in [-0.39, 0.29) is 0 Å². The topological polar surface area (TPSA) is 17.1 Å². The third-order valence-corrected chi connectivity index (χ3v) is 13.3. The molecule has 6 atom stereocenters. The summed E-state index contributed by atoms with van der Waals surface area (Å²) in [5.74, 6) is 6.16. The Labute approximate surface area is 293 Å². The molecular formula is C46H78O. The largest absolute Gasteiger partial charge is 0.300 e. The molecule has 0 aromatic rings. The number of allylic oxidation sites excluding steroid dienone is 6. The highest BCUT2D eigenvalue weighted by Crippen LogP contribution is 2.50. The van der Waals surface area contributed by atoms with E-state index in [1.165, 1.54) is 173 Å². The highest BCUT2D eigenvalue weighted by Gasteiger charge is 2.41. The fourth-order valence-corrected chi connectivity index (χ4v) is 10.3. The average Bonchev–Trinajstić information content (AvgIpc) is 3.58. The number of Topliss-reactive ketones (excluding diaryl/α,β-unsaturated/α-hetero) is 1. The molecule has 1 heteroatoms. The summed E-state index contributed by atoms with van der Waals surface area (Å²) >= 11 is 0. The Morgan fingerprint density at radius 3 is 1.53 bits per heavy atom. The Hall–Kier alpha value is -1.11. The molecule has 4 rings (SSSR count). The van der Waals surface area contributed by atoms with Crippen LogP contribution in [0.5, 0.6) is 0 Å². The van der Waals surface area contributed by atoms with Gasteiger partial charge in [0.2, 0.25) is 0 Å². The Bertz CT molecular complexity index is 940. The van der Waals surface area contributed by atoms with Gasteiger partial charge in [-0.15, -0.1) is 0 Å². The first-order valence-corrected chi connectivity index (χ1v) is 21.7. The van der Waals surface area contributed by atoms with Crippen LogP contribution in [0.4, 0.5) is 0 Å². The molecule has 47 heavy (non-hydrogen) atoms. The van der Waals surface area contributed by atoms with Crippen LogP contribution in [0.15, 0.2) is 35.5 Å². The molecule has 0 bridgehead atoms. The van der Waals surface area contributed by atoms with Crippen molar-refractivity contribution in [2.24, 2.45) is 41.4 Å². The zero-order chi connectivity index (χ0) is 33.1. The smallest absolute Gasteiger partial charge is 0.129 e. The van der Waals surface area contributed by atoms with E-state index in [1.807, 2.05) is 11.1 Å². The van der Waals surface area contributed by atoms with Gasteiger partial charge in [0, 0.05) is 6.42 Å². The number of rotatable bonds is 25. The molecule has 0 N–H and O–H groups in total. The van der Waals surface area contributed by atoms with E-state index in [4.69, 9.17) is 0 Å². The molecule has 4 aliphatic carbocycles. The second kappa shape index (κ2) is 22.6. The number of fused-ring (bicyclic) bond motifs is 1. The molecule has 4 aliphatic rings. The van der Waals surface area contributed by atoms with Crippen molar-refractivity contribution in [1.29, 1.82) is 0 Å². The van der Waals surface area contributed by atoms with Crippen LogP contribution in [0.25, 0.3) is 0 Å². The van der Waals surface area contributed by atoms with Gasteiger partial charge in [0.15, 0.2) is 0 Å². The summed E-state index contributed by atoms with van der Waals surface area (Å²) in [6.45, 7) is 6.46. The van der Waals surface area contributed by atoms with Crippen molar-refractivity contribution >= 4 is 5.78 Å². The van der Waals surface area contributed by atoms with Gasteiger partial charge in [-0.3, -0.25) is 0 Å². The lowest BCUT2D eigenvalue weighted by atomic mass is 9.58. The van der Waals surface area contributed by atoms with Gasteiger partial charge in [0.25, 0.3) is 0 Å². The molecule has 0 spiro atoms. The van der Waals surface area contributed by atoms with Crippen LogP contribution in [-0.4, -0.2) is 5.78 Å². The highest BCUT2D eigenvalue weighted by atomic mass is 16.1. The average molecular weight is 647 g/mol. The first-order valence-electron chi connectivity index (χ1n) is 21.7. The lowest BCUT2D eigenvalue weighted by molar-refractivity contribution is -0.117. The summed E-state index contributed by atoms with van der Waals surface area (Å²) in [6, 6.07) is 0. The molecule has 2 saturated carbocycles. The second-order valence-corrected chi connectivity index (χ2v) is 16.9. The molecular weight excluding hydrogens is 569 g/mol. The molecule has 0 heterocycles. The first kappa shape index (κ1) is 38.7. The summed E-state index contributed by atoms with van der Waals surface area (Å²) < 4.78 is 0. The quantitative estimate of drug-likeness (QED) is 0.0712. The molecule has 0 aromatic carbocycles. The molecule has 0 aromatic heterocycles. The summed E-state index contributed by atoms with van der Waals surface area (Å²) in [7, 11) is 0. The minimum absolute atomic E-state index is 0.360. The first-order chi connectivity index (χ1) is 23.1. The molecule has 6 unspecified atom stereocenters. The molecule has 0 radical (unpaired) electrons. The summed E-state index contributed by atoms with van der Waals surface area (Å²) in [6.07, 6.45) is 51.0. The van der Waals surface area contributed by atoms with Gasteiger partial charge < -0.3 is 4.79 Å². The van der Waals surface area contributed by atoms with Crippen LogP contribution in [0.3, 0.4) is 0 Å². The zero-order valence-corrected chi connectivity index (χ0v) is 31.8. The van der Waals surface area contributed by atoms with Crippen LogP contribution in [-0.2, 0) is 4.79 Å². The molecule has 1 nitrogen and oxygen atoms in total. The van der Waals surface area contributed by atoms with Gasteiger partial charge in [0.1, 0.15) is 5.78 Å². The lowest BCUT2D eigenvalue weighted by Crippen LogP contribution is -2.39. The van der Waals surface area contributed by atoms with E-state index < -0.39 is 0 Å². The number of hydrogen-bond acceptors (Lipinski definition) is 1. The van der Waals surface area contributed by atoms with E-state index >= 15 is 0 Å². The van der Waals surface area contributed by atoms with Crippen LogP contribution in [0.2, 0.25) is 0 Å². The molecule has 0 amide bonds. The number of carbonyl (C=O) groups excluding carboxylic acids is 1. The van der Waals surface area contributed by atoms with Crippen molar-refractivity contribution in [3.8, 4) is 0 Å². The molecule has 0 saturated heterocycles. The van der Waals surface area contributed by atoms with Crippen molar-refractivity contribution < 1.29 is 4.79 Å². The summed E-state index contributed by atoms with van der Waals surface area (Å²) in [4.78, 5) is 11.4. The molecule has 0 aliphatic heterocycles. The number of ketones is 1. The number of carbonyl (C=O) groups is 1. The Morgan fingerprint density at radius 1 is 0.553 bits per heavy atom. The SMILES string of the molecule is CCCCCC1C=CC2C(C=CC(CCCCCCCC(=C3CCC3)C3CCCC3)C2CCCCCCCC(C)=O)C1CCCCC. The van der Waals surface area contributed by atoms with Crippen molar-refractivity contribution in [2.45, 2.75) is 207 Å². The predicted octanol–water partition coefficient (Wildman–Crippen LogP) is 14.7. The fraction of sp³-hybridized carbons (Fsp3) is 0.848. The number of unbranched alkanes of at least 4 members (excludes halogenated alkanes) is 12. The van der Waals surface area contributed by atoms with Gasteiger partial charge in [-0.25, -0.2) is 0 Å². The monoisotopic (exact) mass is 647 g/mol. The Kier molecular flexibility index (Phi) is 18.6. The minimum Gasteiger partial charge on any atom is -0.300 e. The van der Waals surface area contributed by atoms with E-state index in [1.54, 1.807) is 6.92 Å². The fourth-order valence-electron chi connectivity index (χ4n) is 10.3. The van der Waals surface area contributed by atoms with E-state index in [0.717, 1.165) is 54.3 Å². The van der Waals surface area contributed by atoms with Crippen LogP contribution in [0, 0.1) is 41.4 Å². The highest BCUT2D eigenvalue weighted by molar-refractivity contribution is 5.75. The lowest BCUT2D eigenvalue weighted by Gasteiger charge is -2.46. The van der Waals surface area contributed by atoms with E-state index in [2.05, 4.69) is 38.2 Å². The maximum Gasteiger partial charge on any atom is 0.129 e. The zero-order valence-electron chi connectivity index (χ0n) is 31.8. The van der Waals surface area contributed by atoms with E-state index in [0.29, 0.717) is 5.78 Å². The minimum atomic E-state index is 0.360. The predicted molar refractivity (Wildman–Crippen MR) is 206 cm³/mol. The van der Waals surface area contributed by atoms with Crippen molar-refractivity contribution in [3.63, 3.8) is 0 Å². The third-order valence-electron chi connectivity index (χ3n) is 13.3. The van der Waals surface area contributed by atoms with Crippen molar-refractivity contribution in [3.05, 3.63) is 35.5 Å². The van der Waals surface area contributed by atoms with Crippen LogP contribution in [0.1, 0.15) is 207 Å². The number of hydrogen-bond donors (Lipinski definition) is 0. The Morgan fingerprint density at radius 2 is 1.02 bits per heavy atom. The molecule has 268 valence electrons. The van der Waals surface area contributed by atoms with Gasteiger partial charge >= 0.3 is 0 Å². The van der Waals surface area contributed by atoms with Gasteiger partial charge in [-0.2, -0.15) is 0 Å². The maximum absolute atomic E-state index is 11.4. The summed E-state index contributed by atoms with van der Waals surface area (Å²) in [5.41, 5.74) is 3.83. The standard InChI is InChI=1S/C46H78O/c1-4-6-14-24-40-33-35-46-44(32-19-13-8-10-16-23-37(3)47)41(34-36-45(46)43(40)31-15-7-5-2)25-17-11-9-12-18-30-42(39-28-22-29-39)38-26-20-21-27-38/h33-36,38,40-41,43-46H,4-32H2,1-3H3. The van der Waals surface area contributed by atoms with Crippen molar-refractivity contribution in [1.82, 2.24) is 0 Å². The summed E-state index contributed by atoms with van der Waals surface area (Å²) in [5, 5.41) is 0. The van der Waals surface area contributed by atoms with E-state index in [9.17, 15) is 4.79 Å². The van der Waals surface area contributed by atoms with Gasteiger partial charge in [-0.05, 0) is 125 Å². The third kappa shape index (κ3) is 12.9. The van der Waals surface area contributed by atoms with Gasteiger partial charge in [0.05, 0.1) is 0 Å². The molecule has 2 fully saturated rings. The van der Waals surface area contributed by atoms with Crippen LogP contribution < -0.4 is 0 Å².